The molecule has 3 nitrogen and oxygen atoms in total. The lowest BCUT2D eigenvalue weighted by atomic mass is 10.1. The molecule has 27 heavy (non-hydrogen) atoms. The molecule has 0 radical (unpaired) electrons. The van der Waals surface area contributed by atoms with Gasteiger partial charge in [-0.05, 0) is 37.1 Å². The van der Waals surface area contributed by atoms with Crippen LogP contribution in [0.5, 0.6) is 11.5 Å². The van der Waals surface area contributed by atoms with Gasteiger partial charge in [0.2, 0.25) is 0 Å². The Morgan fingerprint density at radius 2 is 1.33 bits per heavy atom. The van der Waals surface area contributed by atoms with E-state index in [9.17, 15) is 4.79 Å². The average Bonchev–Trinajstić information content (AvgIpc) is 2.71. The summed E-state index contributed by atoms with van der Waals surface area (Å²) >= 11 is 0. The summed E-state index contributed by atoms with van der Waals surface area (Å²) in [4.78, 5) is 12.6. The Kier molecular flexibility index (Phi) is 9.80. The number of carbonyl (C=O) groups is 1. The van der Waals surface area contributed by atoms with Gasteiger partial charge in [0.1, 0.15) is 17.8 Å². The van der Waals surface area contributed by atoms with E-state index in [1.54, 1.807) is 12.1 Å². The Morgan fingerprint density at radius 1 is 0.778 bits per heavy atom. The smallest absolute Gasteiger partial charge is 0.342 e. The van der Waals surface area contributed by atoms with Crippen LogP contribution in [0.2, 0.25) is 0 Å². The standard InChI is InChI=1S/C24H30O3/c1-2-3-4-5-6-7-10-15-21(20-26-22-16-11-8-12-17-22)24(25)27-23-18-13-9-14-19-23/h8-9,11-14,16-20H,2-7,10,15H2,1H3. The number of benzene rings is 2. The molecule has 0 aliphatic rings. The summed E-state index contributed by atoms with van der Waals surface area (Å²) in [5.74, 6) is 0.915. The van der Waals surface area contributed by atoms with Gasteiger partial charge < -0.3 is 9.47 Å². The predicted molar refractivity (Wildman–Crippen MR) is 110 cm³/mol. The molecule has 0 spiro atoms. The monoisotopic (exact) mass is 366 g/mol. The maximum absolute atomic E-state index is 12.6. The molecule has 0 saturated carbocycles. The van der Waals surface area contributed by atoms with Gasteiger partial charge in [-0.15, -0.1) is 0 Å². The first-order valence-corrected chi connectivity index (χ1v) is 9.97. The van der Waals surface area contributed by atoms with Crippen LogP contribution in [0.15, 0.2) is 72.5 Å². The molecule has 144 valence electrons. The second kappa shape index (κ2) is 12.7. The van der Waals surface area contributed by atoms with Crippen molar-refractivity contribution in [3.8, 4) is 11.5 Å². The van der Waals surface area contributed by atoms with Crippen LogP contribution in [0.1, 0.15) is 58.3 Å². The van der Waals surface area contributed by atoms with E-state index in [1.165, 1.54) is 38.4 Å². The Hall–Kier alpha value is -2.55. The molecule has 0 aromatic heterocycles. The number of unbranched alkanes of at least 4 members (excludes halogenated alkanes) is 6. The van der Waals surface area contributed by atoms with Crippen LogP contribution in [-0.4, -0.2) is 5.97 Å². The van der Waals surface area contributed by atoms with E-state index in [4.69, 9.17) is 9.47 Å². The SMILES string of the molecule is CCCCCCCCCC(=COc1ccccc1)C(=O)Oc1ccccc1. The van der Waals surface area contributed by atoms with Crippen molar-refractivity contribution in [1.29, 1.82) is 0 Å². The first kappa shape index (κ1) is 20.8. The van der Waals surface area contributed by atoms with Gasteiger partial charge in [0, 0.05) is 0 Å². The van der Waals surface area contributed by atoms with Crippen LogP contribution in [-0.2, 0) is 4.79 Å². The van der Waals surface area contributed by atoms with Crippen molar-refractivity contribution in [3.05, 3.63) is 72.5 Å². The molecule has 2 aromatic rings. The molecule has 3 heteroatoms. The molecule has 0 atom stereocenters. The largest absolute Gasteiger partial charge is 0.464 e. The Balaban J connectivity index is 1.90. The van der Waals surface area contributed by atoms with Gasteiger partial charge in [0.15, 0.2) is 0 Å². The fourth-order valence-electron chi connectivity index (χ4n) is 2.78. The minimum Gasteiger partial charge on any atom is -0.464 e. The van der Waals surface area contributed by atoms with Gasteiger partial charge in [-0.2, -0.15) is 0 Å². The third kappa shape index (κ3) is 8.59. The second-order valence-corrected chi connectivity index (χ2v) is 6.65. The van der Waals surface area contributed by atoms with E-state index in [-0.39, 0.29) is 5.97 Å². The summed E-state index contributed by atoms with van der Waals surface area (Å²) in [7, 11) is 0. The first-order valence-electron chi connectivity index (χ1n) is 9.97. The van der Waals surface area contributed by atoms with Crippen molar-refractivity contribution in [1.82, 2.24) is 0 Å². The number of hydrogen-bond donors (Lipinski definition) is 0. The van der Waals surface area contributed by atoms with Crippen molar-refractivity contribution >= 4 is 5.97 Å². The molecule has 0 bridgehead atoms. The van der Waals surface area contributed by atoms with Gasteiger partial charge in [0.25, 0.3) is 0 Å². The Labute approximate surface area is 163 Å². The van der Waals surface area contributed by atoms with Crippen molar-refractivity contribution in [2.45, 2.75) is 58.3 Å². The van der Waals surface area contributed by atoms with E-state index in [2.05, 4.69) is 6.92 Å². The highest BCUT2D eigenvalue weighted by atomic mass is 16.5. The zero-order valence-electron chi connectivity index (χ0n) is 16.2. The predicted octanol–water partition coefficient (Wildman–Crippen LogP) is 6.70. The summed E-state index contributed by atoms with van der Waals surface area (Å²) in [6.45, 7) is 2.22. The van der Waals surface area contributed by atoms with E-state index < -0.39 is 0 Å². The third-order valence-corrected chi connectivity index (χ3v) is 4.35. The van der Waals surface area contributed by atoms with Gasteiger partial charge in [-0.25, -0.2) is 4.79 Å². The van der Waals surface area contributed by atoms with Crippen molar-refractivity contribution in [2.75, 3.05) is 0 Å². The summed E-state index contributed by atoms with van der Waals surface area (Å²) in [5, 5.41) is 0. The summed E-state index contributed by atoms with van der Waals surface area (Å²) in [6.07, 6.45) is 10.6. The summed E-state index contributed by atoms with van der Waals surface area (Å²) < 4.78 is 11.2. The van der Waals surface area contributed by atoms with Crippen molar-refractivity contribution in [3.63, 3.8) is 0 Å². The van der Waals surface area contributed by atoms with E-state index >= 15 is 0 Å². The zero-order chi connectivity index (χ0) is 19.2. The molecule has 2 aromatic carbocycles. The van der Waals surface area contributed by atoms with Crippen molar-refractivity contribution < 1.29 is 14.3 Å². The quantitative estimate of drug-likeness (QED) is 0.138. The molecule has 0 aliphatic carbocycles. The van der Waals surface area contributed by atoms with Crippen LogP contribution >= 0.6 is 0 Å². The lowest BCUT2D eigenvalue weighted by molar-refractivity contribution is -0.130. The van der Waals surface area contributed by atoms with Crippen LogP contribution in [0.4, 0.5) is 0 Å². The molecule has 2 rings (SSSR count). The van der Waals surface area contributed by atoms with Crippen LogP contribution < -0.4 is 9.47 Å². The van der Waals surface area contributed by atoms with E-state index in [0.717, 1.165) is 12.8 Å². The number of para-hydroxylation sites is 2. The highest BCUT2D eigenvalue weighted by Gasteiger charge is 2.13. The normalized spacial score (nSPS) is 11.2. The highest BCUT2D eigenvalue weighted by Crippen LogP contribution is 2.18. The minimum absolute atomic E-state index is 0.344. The maximum Gasteiger partial charge on any atom is 0.342 e. The summed E-state index contributed by atoms with van der Waals surface area (Å²) in [5.41, 5.74) is 0.566. The minimum atomic E-state index is -0.344. The topological polar surface area (TPSA) is 35.5 Å². The molecule has 0 unspecified atom stereocenters. The van der Waals surface area contributed by atoms with E-state index in [0.29, 0.717) is 23.5 Å². The number of ether oxygens (including phenoxy) is 2. The number of rotatable bonds is 12. The maximum atomic E-state index is 12.6. The lowest BCUT2D eigenvalue weighted by Crippen LogP contribution is -2.12. The molecule has 0 aliphatic heterocycles. The van der Waals surface area contributed by atoms with Crippen LogP contribution in [0, 0.1) is 0 Å². The Morgan fingerprint density at radius 3 is 1.96 bits per heavy atom. The number of hydrogen-bond acceptors (Lipinski definition) is 3. The van der Waals surface area contributed by atoms with Crippen LogP contribution in [0.25, 0.3) is 0 Å². The number of carbonyl (C=O) groups excluding carboxylic acids is 1. The number of esters is 1. The van der Waals surface area contributed by atoms with Gasteiger partial charge in [-0.3, -0.25) is 0 Å². The molecule has 0 N–H and O–H groups in total. The summed E-state index contributed by atoms with van der Waals surface area (Å²) in [6, 6.07) is 18.6. The molecular weight excluding hydrogens is 336 g/mol. The Bertz CT molecular complexity index is 677. The van der Waals surface area contributed by atoms with Crippen molar-refractivity contribution in [2.24, 2.45) is 0 Å². The first-order chi connectivity index (χ1) is 13.3. The van der Waals surface area contributed by atoms with Gasteiger partial charge in [0.05, 0.1) is 5.57 Å². The van der Waals surface area contributed by atoms with Gasteiger partial charge in [-0.1, -0.05) is 81.8 Å². The van der Waals surface area contributed by atoms with E-state index in [1.807, 2.05) is 48.5 Å². The highest BCUT2D eigenvalue weighted by molar-refractivity contribution is 5.89. The molecule has 0 fully saturated rings. The second-order valence-electron chi connectivity index (χ2n) is 6.65. The van der Waals surface area contributed by atoms with Crippen LogP contribution in [0.3, 0.4) is 0 Å². The van der Waals surface area contributed by atoms with Gasteiger partial charge >= 0.3 is 5.97 Å². The fraction of sp³-hybridized carbons (Fsp3) is 0.375. The third-order valence-electron chi connectivity index (χ3n) is 4.35. The fourth-order valence-corrected chi connectivity index (χ4v) is 2.78. The average molecular weight is 367 g/mol. The molecular formula is C24H30O3. The molecule has 0 amide bonds. The lowest BCUT2D eigenvalue weighted by Gasteiger charge is -2.09. The zero-order valence-corrected chi connectivity index (χ0v) is 16.2. The molecule has 0 heterocycles. The molecule has 0 saturated heterocycles.